The maximum absolute atomic E-state index is 11.3. The summed E-state index contributed by atoms with van der Waals surface area (Å²) >= 11 is 0. The minimum atomic E-state index is 0.776. The number of benzene rings is 3. The Kier molecular flexibility index (Phi) is 9.38. The first-order valence-corrected chi connectivity index (χ1v) is 12.4. The quantitative estimate of drug-likeness (QED) is 0.167. The lowest BCUT2D eigenvalue weighted by Gasteiger charge is -2.18. The Bertz CT molecular complexity index is 1250. The van der Waals surface area contributed by atoms with Crippen LogP contribution in [0, 0.1) is 6.92 Å². The van der Waals surface area contributed by atoms with E-state index in [0.29, 0.717) is 0 Å². The highest BCUT2D eigenvalue weighted by atomic mass is 16.1. The monoisotopic (exact) mass is 460 g/mol. The van der Waals surface area contributed by atoms with E-state index >= 15 is 0 Å². The topological polar surface area (TPSA) is 17.1 Å². The third-order valence-corrected chi connectivity index (χ3v) is 6.51. The van der Waals surface area contributed by atoms with Crippen molar-refractivity contribution >= 4 is 11.9 Å². The molecule has 0 aromatic heterocycles. The van der Waals surface area contributed by atoms with E-state index in [-0.39, 0.29) is 0 Å². The van der Waals surface area contributed by atoms with Crippen LogP contribution in [0.3, 0.4) is 0 Å². The van der Waals surface area contributed by atoms with Crippen LogP contribution >= 0.6 is 0 Å². The maximum Gasteiger partial charge on any atom is 0.146 e. The van der Waals surface area contributed by atoms with Crippen molar-refractivity contribution in [3.63, 3.8) is 0 Å². The lowest BCUT2D eigenvalue weighted by molar-refractivity contribution is -0.104. The summed E-state index contributed by atoms with van der Waals surface area (Å²) in [4.78, 5) is 11.3. The Morgan fingerprint density at radius 2 is 1.51 bits per heavy atom. The van der Waals surface area contributed by atoms with Crippen molar-refractivity contribution in [1.29, 1.82) is 0 Å². The van der Waals surface area contributed by atoms with Crippen molar-refractivity contribution in [2.45, 2.75) is 47.0 Å². The van der Waals surface area contributed by atoms with Gasteiger partial charge < -0.3 is 0 Å². The van der Waals surface area contributed by atoms with E-state index in [2.05, 4.69) is 118 Å². The molecule has 0 amide bonds. The van der Waals surface area contributed by atoms with E-state index in [9.17, 15) is 4.79 Å². The Hall–Kier alpha value is -3.71. The number of carbonyl (C=O) groups is 1. The summed E-state index contributed by atoms with van der Waals surface area (Å²) < 4.78 is 0. The smallest absolute Gasteiger partial charge is 0.146 e. The second-order valence-electron chi connectivity index (χ2n) is 9.05. The van der Waals surface area contributed by atoms with Crippen LogP contribution in [0.15, 0.2) is 120 Å². The van der Waals surface area contributed by atoms with Crippen LogP contribution in [0.1, 0.15) is 50.3 Å². The van der Waals surface area contributed by atoms with Gasteiger partial charge in [-0.25, -0.2) is 0 Å². The molecule has 0 aliphatic rings. The van der Waals surface area contributed by atoms with Crippen molar-refractivity contribution in [2.24, 2.45) is 0 Å². The lowest BCUT2D eigenvalue weighted by atomic mass is 9.86. The highest BCUT2D eigenvalue weighted by molar-refractivity contribution is 5.84. The number of rotatable bonds is 10. The second kappa shape index (κ2) is 12.7. The predicted octanol–water partition coefficient (Wildman–Crippen LogP) is 9.11. The second-order valence-corrected chi connectivity index (χ2v) is 9.05. The van der Waals surface area contributed by atoms with Crippen molar-refractivity contribution in [1.82, 2.24) is 0 Å². The van der Waals surface area contributed by atoms with Crippen LogP contribution < -0.4 is 0 Å². The van der Waals surface area contributed by atoms with E-state index in [1.807, 2.05) is 6.92 Å². The van der Waals surface area contributed by atoms with Crippen LogP contribution in [-0.2, 0) is 11.2 Å². The maximum atomic E-state index is 11.3. The highest BCUT2D eigenvalue weighted by Crippen LogP contribution is 2.35. The molecular weight excluding hydrogens is 424 g/mol. The average molecular weight is 461 g/mol. The number of hydrogen-bond acceptors (Lipinski definition) is 1. The van der Waals surface area contributed by atoms with Gasteiger partial charge in [0.15, 0.2) is 0 Å². The van der Waals surface area contributed by atoms with E-state index in [1.165, 1.54) is 33.4 Å². The third kappa shape index (κ3) is 6.90. The summed E-state index contributed by atoms with van der Waals surface area (Å²) in [5, 5.41) is 0. The van der Waals surface area contributed by atoms with Crippen LogP contribution in [0.2, 0.25) is 0 Å². The molecule has 3 aromatic rings. The Morgan fingerprint density at radius 1 is 0.857 bits per heavy atom. The number of aldehydes is 1. The molecule has 0 saturated heterocycles. The summed E-state index contributed by atoms with van der Waals surface area (Å²) in [5.74, 6) is 0. The molecule has 0 spiro atoms. The van der Waals surface area contributed by atoms with Crippen LogP contribution in [0.25, 0.3) is 16.7 Å². The number of allylic oxidation sites excluding steroid dienone is 7. The summed E-state index contributed by atoms with van der Waals surface area (Å²) in [5.41, 5.74) is 11.5. The first kappa shape index (κ1) is 25.9. The van der Waals surface area contributed by atoms with Gasteiger partial charge in [-0.1, -0.05) is 105 Å². The van der Waals surface area contributed by atoms with Gasteiger partial charge in [0.05, 0.1) is 0 Å². The fourth-order valence-electron chi connectivity index (χ4n) is 4.39. The molecule has 0 bridgehead atoms. The number of carbonyl (C=O) groups excluding carboxylic acids is 1. The van der Waals surface area contributed by atoms with Crippen LogP contribution in [0.4, 0.5) is 0 Å². The molecule has 0 heterocycles. The SMILES string of the molecule is C=C(/C=C(/CCc1ccccc1)c1c(C)cccc1-c1ccccc1)/C(C)=C/C(CC)=C(/C)C=O. The third-order valence-electron chi connectivity index (χ3n) is 6.51. The molecule has 0 saturated carbocycles. The van der Waals surface area contributed by atoms with Crippen molar-refractivity contribution in [3.8, 4) is 11.1 Å². The molecule has 1 heteroatoms. The van der Waals surface area contributed by atoms with E-state index < -0.39 is 0 Å². The molecule has 35 heavy (non-hydrogen) atoms. The minimum absolute atomic E-state index is 0.776. The number of hydrogen-bond donors (Lipinski definition) is 0. The van der Waals surface area contributed by atoms with Gasteiger partial charge in [0.1, 0.15) is 6.29 Å². The summed E-state index contributed by atoms with van der Waals surface area (Å²) in [6.07, 6.45) is 7.96. The van der Waals surface area contributed by atoms with Gasteiger partial charge in [-0.15, -0.1) is 0 Å². The average Bonchev–Trinajstić information content (AvgIpc) is 2.90. The van der Waals surface area contributed by atoms with Crippen LogP contribution in [-0.4, -0.2) is 6.29 Å². The van der Waals surface area contributed by atoms with Gasteiger partial charge in [0, 0.05) is 0 Å². The zero-order valence-electron chi connectivity index (χ0n) is 21.5. The minimum Gasteiger partial charge on any atom is -0.298 e. The van der Waals surface area contributed by atoms with Gasteiger partial charge in [0.25, 0.3) is 0 Å². The van der Waals surface area contributed by atoms with E-state index in [0.717, 1.165) is 47.8 Å². The molecule has 0 N–H and O–H groups in total. The zero-order valence-corrected chi connectivity index (χ0v) is 21.5. The normalized spacial score (nSPS) is 12.8. The summed E-state index contributed by atoms with van der Waals surface area (Å²) in [7, 11) is 0. The van der Waals surface area contributed by atoms with Crippen molar-refractivity contribution < 1.29 is 4.79 Å². The fourth-order valence-corrected chi connectivity index (χ4v) is 4.39. The van der Waals surface area contributed by atoms with Crippen molar-refractivity contribution in [2.75, 3.05) is 0 Å². The molecule has 0 aliphatic heterocycles. The largest absolute Gasteiger partial charge is 0.298 e. The van der Waals surface area contributed by atoms with Gasteiger partial charge in [-0.2, -0.15) is 0 Å². The zero-order chi connectivity index (χ0) is 25.2. The van der Waals surface area contributed by atoms with E-state index in [4.69, 9.17) is 0 Å². The highest BCUT2D eigenvalue weighted by Gasteiger charge is 2.14. The Labute approximate surface area is 211 Å². The summed E-state index contributed by atoms with van der Waals surface area (Å²) in [6.45, 7) is 12.6. The lowest BCUT2D eigenvalue weighted by Crippen LogP contribution is -1.98. The Morgan fingerprint density at radius 3 is 2.14 bits per heavy atom. The van der Waals surface area contributed by atoms with Gasteiger partial charge in [-0.05, 0) is 95.7 Å². The fraction of sp³-hybridized carbons (Fsp3) is 0.206. The first-order chi connectivity index (χ1) is 16.9. The molecule has 3 rings (SSSR count). The predicted molar refractivity (Wildman–Crippen MR) is 151 cm³/mol. The molecule has 3 aromatic carbocycles. The molecular formula is C34H36O. The molecule has 0 atom stereocenters. The van der Waals surface area contributed by atoms with Crippen LogP contribution in [0.5, 0.6) is 0 Å². The molecule has 0 radical (unpaired) electrons. The number of aryl methyl sites for hydroxylation is 2. The van der Waals surface area contributed by atoms with Gasteiger partial charge >= 0.3 is 0 Å². The first-order valence-electron chi connectivity index (χ1n) is 12.4. The Balaban J connectivity index is 2.10. The molecule has 178 valence electrons. The van der Waals surface area contributed by atoms with Crippen molar-refractivity contribution in [3.05, 3.63) is 137 Å². The van der Waals surface area contributed by atoms with Gasteiger partial charge in [0.2, 0.25) is 0 Å². The molecule has 0 fully saturated rings. The van der Waals surface area contributed by atoms with E-state index in [1.54, 1.807) is 0 Å². The molecule has 1 nitrogen and oxygen atoms in total. The summed E-state index contributed by atoms with van der Waals surface area (Å²) in [6, 6.07) is 27.8. The standard InChI is InChI=1S/C34H36O/c1-6-30(28(5)24-35)22-26(3)27(4)23-32(21-20-29-15-9-7-10-16-29)34-25(2)14-13-19-33(34)31-17-11-8-12-18-31/h7-19,22-24H,4,6,20-21H2,1-3,5H3/b26-22+,30-28-,32-23-. The molecule has 0 unspecified atom stereocenters. The van der Waals surface area contributed by atoms with Gasteiger partial charge in [-0.3, -0.25) is 4.79 Å². The molecule has 0 aliphatic carbocycles.